The third-order valence-corrected chi connectivity index (χ3v) is 2.10. The first-order valence-electron chi connectivity index (χ1n) is 3.03. The number of hydrogen-bond donors (Lipinski definition) is 0. The van der Waals surface area contributed by atoms with Crippen molar-refractivity contribution < 1.29 is 0 Å². The third kappa shape index (κ3) is 1.54. The molecule has 0 fully saturated rings. The summed E-state index contributed by atoms with van der Waals surface area (Å²) in [7, 11) is 0. The number of rotatable bonds is 2. The van der Waals surface area contributed by atoms with Crippen LogP contribution in [0.2, 0.25) is 0 Å². The number of nitrogens with zero attached hydrogens (tertiary/aromatic N) is 1. The van der Waals surface area contributed by atoms with E-state index < -0.39 is 0 Å². The maximum Gasteiger partial charge on any atom is 0.0797 e. The largest absolute Gasteiger partial charge is 0.253 e. The maximum atomic E-state index is 3.97. The van der Waals surface area contributed by atoms with Gasteiger partial charge in [0.1, 0.15) is 0 Å². The molecule has 2 heteroatoms. The molecular formula is C8H9NS. The number of allylic oxidation sites excluding steroid dienone is 3. The second-order valence-electron chi connectivity index (χ2n) is 1.95. The normalized spacial score (nSPS) is 11.5. The van der Waals surface area contributed by atoms with E-state index in [0.717, 1.165) is 0 Å². The van der Waals surface area contributed by atoms with Gasteiger partial charge in [-0.3, -0.25) is 4.98 Å². The molecular weight excluding hydrogens is 142 g/mol. The van der Waals surface area contributed by atoms with Crippen LogP contribution in [0, 0.1) is 0 Å². The fraction of sp³-hybridized carbons (Fsp3) is 0.125. The van der Waals surface area contributed by atoms with Crippen LogP contribution >= 0.6 is 11.3 Å². The van der Waals surface area contributed by atoms with E-state index in [9.17, 15) is 0 Å². The van der Waals surface area contributed by atoms with Gasteiger partial charge >= 0.3 is 0 Å². The van der Waals surface area contributed by atoms with Gasteiger partial charge in [-0.15, -0.1) is 11.3 Å². The summed E-state index contributed by atoms with van der Waals surface area (Å²) in [6, 6.07) is 0. The Morgan fingerprint density at radius 1 is 1.80 bits per heavy atom. The maximum absolute atomic E-state index is 3.97. The van der Waals surface area contributed by atoms with Crippen LogP contribution in [0.4, 0.5) is 0 Å². The average molecular weight is 151 g/mol. The minimum Gasteiger partial charge on any atom is -0.253 e. The smallest absolute Gasteiger partial charge is 0.0797 e. The molecule has 0 N–H and O–H groups in total. The predicted octanol–water partition coefficient (Wildman–Crippen LogP) is 2.73. The molecule has 0 bridgehead atoms. The van der Waals surface area contributed by atoms with E-state index in [0.29, 0.717) is 0 Å². The van der Waals surface area contributed by atoms with E-state index in [4.69, 9.17) is 0 Å². The molecule has 0 aliphatic rings. The van der Waals surface area contributed by atoms with Crippen LogP contribution in [0.25, 0.3) is 5.57 Å². The Balaban J connectivity index is 2.86. The van der Waals surface area contributed by atoms with E-state index >= 15 is 0 Å². The second-order valence-corrected chi connectivity index (χ2v) is 2.84. The molecule has 0 aliphatic heterocycles. The van der Waals surface area contributed by atoms with Crippen molar-refractivity contribution in [1.82, 2.24) is 4.98 Å². The van der Waals surface area contributed by atoms with E-state index in [2.05, 4.69) is 18.5 Å². The Labute approximate surface area is 64.7 Å². The lowest BCUT2D eigenvalue weighted by atomic mass is 10.2. The third-order valence-electron chi connectivity index (χ3n) is 1.19. The first kappa shape index (κ1) is 7.22. The summed E-state index contributed by atoms with van der Waals surface area (Å²) >= 11 is 1.64. The molecule has 1 aromatic heterocycles. The van der Waals surface area contributed by atoms with Crippen LogP contribution in [0.15, 0.2) is 30.4 Å². The van der Waals surface area contributed by atoms with Crippen molar-refractivity contribution in [3.05, 3.63) is 35.3 Å². The molecule has 0 radical (unpaired) electrons. The van der Waals surface area contributed by atoms with Gasteiger partial charge in [-0.2, -0.15) is 0 Å². The summed E-state index contributed by atoms with van der Waals surface area (Å²) in [6.45, 7) is 5.67. The van der Waals surface area contributed by atoms with Gasteiger partial charge < -0.3 is 0 Å². The zero-order valence-corrected chi connectivity index (χ0v) is 6.69. The van der Waals surface area contributed by atoms with Gasteiger partial charge in [0.25, 0.3) is 0 Å². The van der Waals surface area contributed by atoms with Crippen LogP contribution in [-0.2, 0) is 0 Å². The Hall–Kier alpha value is -0.890. The van der Waals surface area contributed by atoms with Gasteiger partial charge in [0.05, 0.1) is 5.51 Å². The van der Waals surface area contributed by atoms with Crippen LogP contribution in [-0.4, -0.2) is 4.98 Å². The molecule has 0 saturated carbocycles. The molecule has 1 aromatic rings. The molecule has 1 heterocycles. The van der Waals surface area contributed by atoms with Crippen molar-refractivity contribution in [2.75, 3.05) is 0 Å². The summed E-state index contributed by atoms with van der Waals surface area (Å²) in [5.74, 6) is 0. The minimum absolute atomic E-state index is 1.21. The molecule has 10 heavy (non-hydrogen) atoms. The Morgan fingerprint density at radius 2 is 2.60 bits per heavy atom. The first-order chi connectivity index (χ1) is 4.84. The summed E-state index contributed by atoms with van der Waals surface area (Å²) < 4.78 is 0. The number of thiazole rings is 1. The van der Waals surface area contributed by atoms with Gasteiger partial charge in [0.2, 0.25) is 0 Å². The van der Waals surface area contributed by atoms with Crippen molar-refractivity contribution >= 4 is 16.9 Å². The molecule has 52 valence electrons. The molecule has 1 nitrogen and oxygen atoms in total. The SMILES string of the molecule is C=C/C=C(\C)c1cncs1. The van der Waals surface area contributed by atoms with E-state index in [1.54, 1.807) is 17.4 Å². The van der Waals surface area contributed by atoms with Gasteiger partial charge in [-0.05, 0) is 12.5 Å². The molecule has 0 saturated heterocycles. The number of aromatic nitrogens is 1. The van der Waals surface area contributed by atoms with E-state index in [-0.39, 0.29) is 0 Å². The fourth-order valence-corrected chi connectivity index (χ4v) is 1.28. The highest BCUT2D eigenvalue weighted by molar-refractivity contribution is 7.10. The fourth-order valence-electron chi connectivity index (χ4n) is 0.669. The standard InChI is InChI=1S/C8H9NS/c1-3-4-7(2)8-5-9-6-10-8/h3-6H,1H2,2H3/b7-4+. The van der Waals surface area contributed by atoms with Gasteiger partial charge in [-0.25, -0.2) is 0 Å². The Morgan fingerprint density at radius 3 is 3.10 bits per heavy atom. The molecule has 0 aliphatic carbocycles. The molecule has 1 rings (SSSR count). The Bertz CT molecular complexity index is 234. The summed E-state index contributed by atoms with van der Waals surface area (Å²) in [5.41, 5.74) is 3.05. The molecule has 0 spiro atoms. The van der Waals surface area contributed by atoms with E-state index in [1.165, 1.54) is 10.5 Å². The molecule has 0 unspecified atom stereocenters. The van der Waals surface area contributed by atoms with Crippen molar-refractivity contribution in [3.8, 4) is 0 Å². The average Bonchev–Trinajstić information content (AvgIpc) is 2.38. The molecule has 0 aromatic carbocycles. The summed E-state index contributed by atoms with van der Waals surface area (Å²) in [4.78, 5) is 5.18. The van der Waals surface area contributed by atoms with Crippen molar-refractivity contribution in [3.63, 3.8) is 0 Å². The van der Waals surface area contributed by atoms with Crippen molar-refractivity contribution in [2.24, 2.45) is 0 Å². The second kappa shape index (κ2) is 3.32. The van der Waals surface area contributed by atoms with Gasteiger partial charge in [0.15, 0.2) is 0 Å². The molecule has 0 atom stereocenters. The van der Waals surface area contributed by atoms with Crippen LogP contribution < -0.4 is 0 Å². The zero-order valence-electron chi connectivity index (χ0n) is 5.87. The summed E-state index contributed by atoms with van der Waals surface area (Å²) in [5, 5.41) is 0. The van der Waals surface area contributed by atoms with Gasteiger partial charge in [-0.1, -0.05) is 18.7 Å². The monoisotopic (exact) mass is 151 g/mol. The highest BCUT2D eigenvalue weighted by Crippen LogP contribution is 2.16. The minimum atomic E-state index is 1.21. The first-order valence-corrected chi connectivity index (χ1v) is 3.90. The Kier molecular flexibility index (Phi) is 2.40. The highest BCUT2D eigenvalue weighted by Gasteiger charge is 1.93. The predicted molar refractivity (Wildman–Crippen MR) is 46.0 cm³/mol. The lowest BCUT2D eigenvalue weighted by Gasteiger charge is -1.89. The topological polar surface area (TPSA) is 12.9 Å². The van der Waals surface area contributed by atoms with Crippen LogP contribution in [0.3, 0.4) is 0 Å². The van der Waals surface area contributed by atoms with Crippen molar-refractivity contribution in [2.45, 2.75) is 6.92 Å². The number of hydrogen-bond acceptors (Lipinski definition) is 2. The van der Waals surface area contributed by atoms with Crippen LogP contribution in [0.1, 0.15) is 11.8 Å². The van der Waals surface area contributed by atoms with Gasteiger partial charge in [0, 0.05) is 11.1 Å². The lowest BCUT2D eigenvalue weighted by Crippen LogP contribution is -1.68. The quantitative estimate of drug-likeness (QED) is 0.592. The van der Waals surface area contributed by atoms with E-state index in [1.807, 2.05) is 17.8 Å². The summed E-state index contributed by atoms with van der Waals surface area (Å²) in [6.07, 6.45) is 5.63. The van der Waals surface area contributed by atoms with Crippen LogP contribution in [0.5, 0.6) is 0 Å². The lowest BCUT2D eigenvalue weighted by molar-refractivity contribution is 1.41. The van der Waals surface area contributed by atoms with Crippen molar-refractivity contribution in [1.29, 1.82) is 0 Å². The highest BCUT2D eigenvalue weighted by atomic mass is 32.1. The molecule has 0 amide bonds. The zero-order chi connectivity index (χ0) is 7.40.